The largest absolute Gasteiger partial charge is 0.359 e. The van der Waals surface area contributed by atoms with Crippen molar-refractivity contribution < 1.29 is 8.91 Å². The maximum atomic E-state index is 13.3. The van der Waals surface area contributed by atoms with Crippen molar-refractivity contribution in [1.82, 2.24) is 15.4 Å². The van der Waals surface area contributed by atoms with Crippen LogP contribution in [-0.4, -0.2) is 35.7 Å². The number of rotatable bonds is 6. The molecule has 124 valence electrons. The molecule has 1 unspecified atom stereocenters. The van der Waals surface area contributed by atoms with Crippen molar-refractivity contribution in [2.45, 2.75) is 38.8 Å². The first kappa shape index (κ1) is 16.1. The molecule has 0 spiro atoms. The number of nitrogens with zero attached hydrogens (tertiary/aromatic N) is 2. The van der Waals surface area contributed by atoms with Crippen LogP contribution in [0.15, 0.2) is 34.9 Å². The Morgan fingerprint density at radius 1 is 1.26 bits per heavy atom. The summed E-state index contributed by atoms with van der Waals surface area (Å²) in [4.78, 5) is 2.51. The number of benzene rings is 1. The van der Waals surface area contributed by atoms with Crippen molar-refractivity contribution in [3.8, 4) is 11.3 Å². The van der Waals surface area contributed by atoms with Crippen LogP contribution in [0.3, 0.4) is 0 Å². The first-order valence-corrected chi connectivity index (χ1v) is 8.38. The molecule has 1 fully saturated rings. The second kappa shape index (κ2) is 7.70. The molecule has 4 nitrogen and oxygen atoms in total. The minimum absolute atomic E-state index is 0.264. The summed E-state index contributed by atoms with van der Waals surface area (Å²) < 4.78 is 18.6. The fraction of sp³-hybridized carbons (Fsp3) is 0.500. The van der Waals surface area contributed by atoms with Gasteiger partial charge in [0.25, 0.3) is 0 Å². The van der Waals surface area contributed by atoms with Crippen LogP contribution in [0.1, 0.15) is 31.9 Å². The van der Waals surface area contributed by atoms with Gasteiger partial charge in [0.2, 0.25) is 0 Å². The zero-order valence-electron chi connectivity index (χ0n) is 13.6. The van der Waals surface area contributed by atoms with Gasteiger partial charge in [-0.1, -0.05) is 23.7 Å². The summed E-state index contributed by atoms with van der Waals surface area (Å²) in [6.45, 7) is 6.30. The van der Waals surface area contributed by atoms with E-state index in [0.29, 0.717) is 18.3 Å². The predicted molar refractivity (Wildman–Crippen MR) is 88.5 cm³/mol. The minimum Gasteiger partial charge on any atom is -0.359 e. The van der Waals surface area contributed by atoms with E-state index in [1.807, 2.05) is 12.1 Å². The highest BCUT2D eigenvalue weighted by atomic mass is 19.1. The molecule has 0 aliphatic carbocycles. The molecule has 2 aromatic rings. The van der Waals surface area contributed by atoms with Gasteiger partial charge >= 0.3 is 0 Å². The zero-order chi connectivity index (χ0) is 16.1. The Morgan fingerprint density at radius 2 is 2.09 bits per heavy atom. The zero-order valence-corrected chi connectivity index (χ0v) is 13.6. The number of aromatic nitrogens is 1. The quantitative estimate of drug-likeness (QED) is 0.886. The Hall–Kier alpha value is -1.72. The van der Waals surface area contributed by atoms with Crippen molar-refractivity contribution in [3.05, 3.63) is 41.9 Å². The van der Waals surface area contributed by atoms with Gasteiger partial charge in [0.15, 0.2) is 5.76 Å². The molecule has 1 atom stereocenters. The number of halogens is 1. The average molecular weight is 317 g/mol. The van der Waals surface area contributed by atoms with Crippen LogP contribution in [0, 0.1) is 5.82 Å². The van der Waals surface area contributed by atoms with Gasteiger partial charge in [-0.25, -0.2) is 4.39 Å². The van der Waals surface area contributed by atoms with Gasteiger partial charge in [-0.2, -0.15) is 0 Å². The van der Waals surface area contributed by atoms with Crippen LogP contribution in [0.5, 0.6) is 0 Å². The van der Waals surface area contributed by atoms with E-state index < -0.39 is 0 Å². The molecular weight excluding hydrogens is 293 g/mol. The SMILES string of the molecule is CC(CN1CCCCC1)NCc1cc(-c2cccc(F)c2)no1. The third kappa shape index (κ3) is 4.62. The summed E-state index contributed by atoms with van der Waals surface area (Å²) in [7, 11) is 0. The van der Waals surface area contributed by atoms with Crippen LogP contribution in [0.2, 0.25) is 0 Å². The highest BCUT2D eigenvalue weighted by Crippen LogP contribution is 2.20. The highest BCUT2D eigenvalue weighted by molar-refractivity contribution is 5.58. The van der Waals surface area contributed by atoms with E-state index in [0.717, 1.165) is 17.9 Å². The molecule has 2 heterocycles. The summed E-state index contributed by atoms with van der Waals surface area (Å²) in [5, 5.41) is 7.50. The van der Waals surface area contributed by atoms with Crippen LogP contribution in [0.25, 0.3) is 11.3 Å². The van der Waals surface area contributed by atoms with Crippen LogP contribution >= 0.6 is 0 Å². The van der Waals surface area contributed by atoms with E-state index in [1.165, 1.54) is 44.5 Å². The number of likely N-dealkylation sites (tertiary alicyclic amines) is 1. The molecule has 1 aromatic heterocycles. The lowest BCUT2D eigenvalue weighted by molar-refractivity contribution is 0.207. The van der Waals surface area contributed by atoms with Crippen LogP contribution in [0.4, 0.5) is 4.39 Å². The fourth-order valence-electron chi connectivity index (χ4n) is 3.05. The standard InChI is InChI=1S/C18H24FN3O/c1-14(13-22-8-3-2-4-9-22)20-12-17-11-18(21-23-17)15-6-5-7-16(19)10-15/h5-7,10-11,14,20H,2-4,8-9,12-13H2,1H3. The molecule has 1 aliphatic heterocycles. The maximum absolute atomic E-state index is 13.3. The lowest BCUT2D eigenvalue weighted by Gasteiger charge is -2.29. The van der Waals surface area contributed by atoms with Gasteiger partial charge in [-0.05, 0) is 45.0 Å². The molecule has 0 radical (unpaired) electrons. The Labute approximate surface area is 136 Å². The van der Waals surface area contributed by atoms with E-state index >= 15 is 0 Å². The van der Waals surface area contributed by atoms with Crippen LogP contribution < -0.4 is 5.32 Å². The Morgan fingerprint density at radius 3 is 2.87 bits per heavy atom. The normalized spacial score (nSPS) is 17.3. The average Bonchev–Trinajstić information content (AvgIpc) is 3.03. The van der Waals surface area contributed by atoms with Gasteiger partial charge in [-0.15, -0.1) is 0 Å². The summed E-state index contributed by atoms with van der Waals surface area (Å²) in [5.41, 5.74) is 1.41. The molecule has 1 N–H and O–H groups in total. The van der Waals surface area contributed by atoms with Gasteiger partial charge in [0.05, 0.1) is 6.54 Å². The van der Waals surface area contributed by atoms with Gasteiger partial charge in [-0.3, -0.25) is 0 Å². The van der Waals surface area contributed by atoms with Crippen molar-refractivity contribution in [2.24, 2.45) is 0 Å². The van der Waals surface area contributed by atoms with E-state index in [2.05, 4.69) is 22.3 Å². The number of nitrogens with one attached hydrogen (secondary N) is 1. The van der Waals surface area contributed by atoms with Gasteiger partial charge in [0.1, 0.15) is 11.5 Å². The Kier molecular flexibility index (Phi) is 5.41. The summed E-state index contributed by atoms with van der Waals surface area (Å²) in [6, 6.07) is 8.67. The van der Waals surface area contributed by atoms with Crippen molar-refractivity contribution in [2.75, 3.05) is 19.6 Å². The number of hydrogen-bond donors (Lipinski definition) is 1. The third-order valence-corrected chi connectivity index (χ3v) is 4.28. The molecular formula is C18H24FN3O. The van der Waals surface area contributed by atoms with Crippen molar-refractivity contribution in [1.29, 1.82) is 0 Å². The van der Waals surface area contributed by atoms with Gasteiger partial charge < -0.3 is 14.7 Å². The molecule has 0 bridgehead atoms. The lowest BCUT2D eigenvalue weighted by atomic mass is 10.1. The topological polar surface area (TPSA) is 41.3 Å². The van der Waals surface area contributed by atoms with E-state index in [1.54, 1.807) is 6.07 Å². The van der Waals surface area contributed by atoms with Gasteiger partial charge in [0, 0.05) is 24.2 Å². The number of piperidine rings is 1. The molecule has 5 heteroatoms. The lowest BCUT2D eigenvalue weighted by Crippen LogP contribution is -2.41. The summed E-state index contributed by atoms with van der Waals surface area (Å²) >= 11 is 0. The first-order valence-electron chi connectivity index (χ1n) is 8.38. The Bertz CT molecular complexity index is 622. The first-order chi connectivity index (χ1) is 11.2. The van der Waals surface area contributed by atoms with Crippen molar-refractivity contribution >= 4 is 0 Å². The second-order valence-corrected chi connectivity index (χ2v) is 6.33. The summed E-state index contributed by atoms with van der Waals surface area (Å²) in [6.07, 6.45) is 3.98. The molecule has 0 saturated carbocycles. The van der Waals surface area contributed by atoms with E-state index in [4.69, 9.17) is 4.52 Å². The highest BCUT2D eigenvalue weighted by Gasteiger charge is 2.14. The molecule has 1 aliphatic rings. The maximum Gasteiger partial charge on any atom is 0.151 e. The third-order valence-electron chi connectivity index (χ3n) is 4.28. The molecule has 3 rings (SSSR count). The fourth-order valence-corrected chi connectivity index (χ4v) is 3.05. The van der Waals surface area contributed by atoms with E-state index in [9.17, 15) is 4.39 Å². The minimum atomic E-state index is -0.264. The molecule has 1 saturated heterocycles. The predicted octanol–water partition coefficient (Wildman–Crippen LogP) is 3.44. The molecule has 0 amide bonds. The smallest absolute Gasteiger partial charge is 0.151 e. The molecule has 23 heavy (non-hydrogen) atoms. The van der Waals surface area contributed by atoms with Crippen molar-refractivity contribution in [3.63, 3.8) is 0 Å². The monoisotopic (exact) mass is 317 g/mol. The molecule has 1 aromatic carbocycles. The van der Waals surface area contributed by atoms with E-state index in [-0.39, 0.29) is 5.82 Å². The Balaban J connectivity index is 1.50. The second-order valence-electron chi connectivity index (χ2n) is 6.33. The number of hydrogen-bond acceptors (Lipinski definition) is 4. The summed E-state index contributed by atoms with van der Waals surface area (Å²) in [5.74, 6) is 0.509. The van der Waals surface area contributed by atoms with Crippen LogP contribution in [-0.2, 0) is 6.54 Å².